The van der Waals surface area contributed by atoms with Crippen LogP contribution in [0.25, 0.3) is 0 Å². The third-order valence-corrected chi connectivity index (χ3v) is 2.64. The number of hydrogen-bond acceptors (Lipinski definition) is 3. The van der Waals surface area contributed by atoms with Crippen LogP contribution in [0.2, 0.25) is 0 Å². The van der Waals surface area contributed by atoms with E-state index in [-0.39, 0.29) is 5.82 Å². The zero-order chi connectivity index (χ0) is 13.9. The van der Waals surface area contributed by atoms with Crippen LogP contribution < -0.4 is 10.2 Å². The molecule has 1 amide bonds. The molecular formula is C12H15FN2O3. The summed E-state index contributed by atoms with van der Waals surface area (Å²) in [7, 11) is 2.84. The zero-order valence-electron chi connectivity index (χ0n) is 10.4. The summed E-state index contributed by atoms with van der Waals surface area (Å²) >= 11 is 0. The van der Waals surface area contributed by atoms with Gasteiger partial charge in [0.15, 0.2) is 6.04 Å². The quantitative estimate of drug-likeness (QED) is 0.779. The summed E-state index contributed by atoms with van der Waals surface area (Å²) in [4.78, 5) is 23.9. The predicted octanol–water partition coefficient (Wildman–Crippen LogP) is 0.770. The molecule has 2 N–H and O–H groups in total. The van der Waals surface area contributed by atoms with Gasteiger partial charge in [0.2, 0.25) is 0 Å². The standard InChI is InChI=1S/C12H15FN2O3/c1-7-6-8(4-5-9(7)13)15(3)11(16)10(14-2)12(17)18/h4-6,10,14H,1-3H3,(H,17,18). The molecule has 6 heteroatoms. The first-order chi connectivity index (χ1) is 8.38. The molecule has 1 aromatic rings. The largest absolute Gasteiger partial charge is 0.480 e. The Kier molecular flexibility index (Phi) is 4.38. The molecule has 5 nitrogen and oxygen atoms in total. The van der Waals surface area contributed by atoms with Crippen LogP contribution in [-0.4, -0.2) is 37.1 Å². The molecule has 1 aromatic carbocycles. The highest BCUT2D eigenvalue weighted by Gasteiger charge is 2.28. The van der Waals surface area contributed by atoms with E-state index < -0.39 is 17.9 Å². The Morgan fingerprint density at radius 1 is 1.44 bits per heavy atom. The van der Waals surface area contributed by atoms with Gasteiger partial charge in [0, 0.05) is 12.7 Å². The lowest BCUT2D eigenvalue weighted by Crippen LogP contribution is -2.48. The topological polar surface area (TPSA) is 69.6 Å². The molecule has 0 aliphatic rings. The van der Waals surface area contributed by atoms with E-state index in [0.29, 0.717) is 11.3 Å². The van der Waals surface area contributed by atoms with Crippen LogP contribution in [-0.2, 0) is 9.59 Å². The maximum Gasteiger partial charge on any atom is 0.330 e. The van der Waals surface area contributed by atoms with Gasteiger partial charge >= 0.3 is 5.97 Å². The van der Waals surface area contributed by atoms with E-state index in [1.54, 1.807) is 6.92 Å². The summed E-state index contributed by atoms with van der Waals surface area (Å²) in [6.45, 7) is 1.57. The number of nitrogens with one attached hydrogen (secondary N) is 1. The average molecular weight is 254 g/mol. The fraction of sp³-hybridized carbons (Fsp3) is 0.333. The summed E-state index contributed by atoms with van der Waals surface area (Å²) in [5, 5.41) is 11.3. The molecule has 0 saturated carbocycles. The molecule has 0 bridgehead atoms. The number of carboxylic acid groups (broad SMARTS) is 1. The molecule has 98 valence electrons. The van der Waals surface area contributed by atoms with Gasteiger partial charge in [0.1, 0.15) is 5.82 Å². The van der Waals surface area contributed by atoms with E-state index >= 15 is 0 Å². The van der Waals surface area contributed by atoms with Crippen LogP contribution >= 0.6 is 0 Å². The van der Waals surface area contributed by atoms with Crippen LogP contribution in [0.4, 0.5) is 10.1 Å². The van der Waals surface area contributed by atoms with Crippen LogP contribution in [0.3, 0.4) is 0 Å². The number of halogens is 1. The smallest absolute Gasteiger partial charge is 0.330 e. The number of likely N-dealkylation sites (N-methyl/N-ethyl adjacent to an activating group) is 2. The molecule has 0 fully saturated rings. The number of carbonyl (C=O) groups is 2. The molecule has 0 heterocycles. The van der Waals surface area contributed by atoms with Gasteiger partial charge in [-0.3, -0.25) is 10.1 Å². The fourth-order valence-corrected chi connectivity index (χ4v) is 1.51. The lowest BCUT2D eigenvalue weighted by Gasteiger charge is -2.21. The molecule has 0 radical (unpaired) electrons. The molecule has 1 atom stereocenters. The summed E-state index contributed by atoms with van der Waals surface area (Å²) in [5.41, 5.74) is 0.837. The number of nitrogens with zero attached hydrogens (tertiary/aromatic N) is 1. The van der Waals surface area contributed by atoms with Crippen molar-refractivity contribution in [2.75, 3.05) is 19.0 Å². The molecule has 1 rings (SSSR count). The number of anilines is 1. The second kappa shape index (κ2) is 5.59. The third-order valence-electron chi connectivity index (χ3n) is 2.64. The summed E-state index contributed by atoms with van der Waals surface area (Å²) in [5.74, 6) is -2.24. The number of hydrogen-bond donors (Lipinski definition) is 2. The van der Waals surface area contributed by atoms with Gasteiger partial charge < -0.3 is 10.0 Å². The third kappa shape index (κ3) is 2.84. The lowest BCUT2D eigenvalue weighted by atomic mass is 10.2. The van der Waals surface area contributed by atoms with Crippen molar-refractivity contribution in [2.45, 2.75) is 13.0 Å². The first-order valence-electron chi connectivity index (χ1n) is 5.32. The number of carboxylic acids is 1. The molecule has 0 spiro atoms. The second-order valence-corrected chi connectivity index (χ2v) is 3.89. The van der Waals surface area contributed by atoms with Crippen molar-refractivity contribution in [3.05, 3.63) is 29.6 Å². The van der Waals surface area contributed by atoms with Gasteiger partial charge in [-0.1, -0.05) is 0 Å². The Bertz CT molecular complexity index is 476. The van der Waals surface area contributed by atoms with Gasteiger partial charge in [0.25, 0.3) is 5.91 Å². The van der Waals surface area contributed by atoms with E-state index in [9.17, 15) is 14.0 Å². The van der Waals surface area contributed by atoms with E-state index in [2.05, 4.69) is 5.32 Å². The van der Waals surface area contributed by atoms with Gasteiger partial charge in [-0.25, -0.2) is 9.18 Å². The molecule has 0 aliphatic carbocycles. The Hall–Kier alpha value is -1.95. The molecule has 0 aliphatic heterocycles. The molecule has 18 heavy (non-hydrogen) atoms. The van der Waals surface area contributed by atoms with Crippen LogP contribution in [0.1, 0.15) is 5.56 Å². The Labute approximate surface area is 104 Å². The first-order valence-corrected chi connectivity index (χ1v) is 5.32. The van der Waals surface area contributed by atoms with Gasteiger partial charge in [-0.15, -0.1) is 0 Å². The fourth-order valence-electron chi connectivity index (χ4n) is 1.51. The number of amides is 1. The Morgan fingerprint density at radius 3 is 2.50 bits per heavy atom. The van der Waals surface area contributed by atoms with E-state index in [1.807, 2.05) is 0 Å². The van der Waals surface area contributed by atoms with Crippen LogP contribution in [0.5, 0.6) is 0 Å². The lowest BCUT2D eigenvalue weighted by molar-refractivity contribution is -0.143. The maximum atomic E-state index is 13.1. The van der Waals surface area contributed by atoms with Crippen LogP contribution in [0, 0.1) is 12.7 Å². The number of rotatable bonds is 4. The number of aliphatic carboxylic acids is 1. The van der Waals surface area contributed by atoms with Gasteiger partial charge in [-0.05, 0) is 37.7 Å². The van der Waals surface area contributed by atoms with Crippen molar-refractivity contribution in [2.24, 2.45) is 0 Å². The van der Waals surface area contributed by atoms with Crippen molar-refractivity contribution >= 4 is 17.6 Å². The Morgan fingerprint density at radius 2 is 2.06 bits per heavy atom. The first kappa shape index (κ1) is 14.1. The molecule has 0 saturated heterocycles. The highest BCUT2D eigenvalue weighted by atomic mass is 19.1. The van der Waals surface area contributed by atoms with Gasteiger partial charge in [-0.2, -0.15) is 0 Å². The number of aryl methyl sites for hydroxylation is 1. The Balaban J connectivity index is 2.99. The monoisotopic (exact) mass is 254 g/mol. The highest BCUT2D eigenvalue weighted by Crippen LogP contribution is 2.17. The van der Waals surface area contributed by atoms with Crippen molar-refractivity contribution in [1.29, 1.82) is 0 Å². The van der Waals surface area contributed by atoms with Gasteiger partial charge in [0.05, 0.1) is 0 Å². The number of benzene rings is 1. The summed E-state index contributed by atoms with van der Waals surface area (Å²) < 4.78 is 13.1. The second-order valence-electron chi connectivity index (χ2n) is 3.89. The van der Waals surface area contributed by atoms with Crippen molar-refractivity contribution in [3.8, 4) is 0 Å². The van der Waals surface area contributed by atoms with Crippen molar-refractivity contribution in [3.63, 3.8) is 0 Å². The van der Waals surface area contributed by atoms with E-state index in [4.69, 9.17) is 5.11 Å². The summed E-state index contributed by atoms with van der Waals surface area (Å²) in [6, 6.07) is 2.83. The average Bonchev–Trinajstić information content (AvgIpc) is 2.32. The van der Waals surface area contributed by atoms with Crippen molar-refractivity contribution < 1.29 is 19.1 Å². The van der Waals surface area contributed by atoms with E-state index in [0.717, 1.165) is 0 Å². The minimum atomic E-state index is -1.32. The molecular weight excluding hydrogens is 239 g/mol. The molecule has 1 unspecified atom stereocenters. The SMILES string of the molecule is CNC(C(=O)O)C(=O)N(C)c1ccc(F)c(C)c1. The van der Waals surface area contributed by atoms with E-state index in [1.165, 1.54) is 37.2 Å². The maximum absolute atomic E-state index is 13.1. The predicted molar refractivity (Wildman–Crippen MR) is 65.0 cm³/mol. The minimum absolute atomic E-state index is 0.372. The minimum Gasteiger partial charge on any atom is -0.480 e. The summed E-state index contributed by atoms with van der Waals surface area (Å²) in [6.07, 6.45) is 0. The molecule has 0 aromatic heterocycles. The van der Waals surface area contributed by atoms with Crippen molar-refractivity contribution in [1.82, 2.24) is 5.32 Å². The normalized spacial score (nSPS) is 12.0. The van der Waals surface area contributed by atoms with Crippen LogP contribution in [0.15, 0.2) is 18.2 Å². The highest BCUT2D eigenvalue weighted by molar-refractivity contribution is 6.08. The zero-order valence-corrected chi connectivity index (χ0v) is 10.4. The number of carbonyl (C=O) groups excluding carboxylic acids is 1.